The van der Waals surface area contributed by atoms with E-state index in [0.717, 1.165) is 12.8 Å². The molecule has 0 spiro atoms. The van der Waals surface area contributed by atoms with Crippen LogP contribution in [0, 0.1) is 5.92 Å². The highest BCUT2D eigenvalue weighted by atomic mass is 16.1. The topological polar surface area (TPSA) is 58.2 Å². The Morgan fingerprint density at radius 3 is 2.00 bits per heavy atom. The van der Waals surface area contributed by atoms with Crippen molar-refractivity contribution in [2.24, 2.45) is 5.92 Å². The van der Waals surface area contributed by atoms with Crippen molar-refractivity contribution in [1.82, 2.24) is 10.6 Å². The third kappa shape index (κ3) is 5.70. The molecule has 0 saturated carbocycles. The van der Waals surface area contributed by atoms with Gasteiger partial charge >= 0.3 is 0 Å². The molecule has 0 aromatic rings. The van der Waals surface area contributed by atoms with Crippen molar-refractivity contribution in [3.05, 3.63) is 0 Å². The monoisotopic (exact) mass is 172 g/mol. The van der Waals surface area contributed by atoms with Crippen LogP contribution < -0.4 is 10.6 Å². The molecule has 12 heavy (non-hydrogen) atoms. The Balaban J connectivity index is 3.52. The predicted molar refractivity (Wildman–Crippen MR) is 46.5 cm³/mol. The van der Waals surface area contributed by atoms with Gasteiger partial charge in [0.15, 0.2) is 0 Å². The lowest BCUT2D eigenvalue weighted by molar-refractivity contribution is -0.109. The van der Waals surface area contributed by atoms with Crippen LogP contribution in [0.1, 0.15) is 19.8 Å². The minimum atomic E-state index is 0.352. The van der Waals surface area contributed by atoms with Crippen molar-refractivity contribution in [3.8, 4) is 0 Å². The van der Waals surface area contributed by atoms with Crippen LogP contribution >= 0.6 is 0 Å². The minimum Gasteiger partial charge on any atom is -0.358 e. The fourth-order valence-corrected chi connectivity index (χ4v) is 1.11. The van der Waals surface area contributed by atoms with Crippen molar-refractivity contribution in [1.29, 1.82) is 0 Å². The number of carbonyl (C=O) groups excluding carboxylic acids is 2. The van der Waals surface area contributed by atoms with E-state index in [9.17, 15) is 9.59 Å². The summed E-state index contributed by atoms with van der Waals surface area (Å²) < 4.78 is 0. The summed E-state index contributed by atoms with van der Waals surface area (Å²) in [5.41, 5.74) is 0. The molecule has 70 valence electrons. The van der Waals surface area contributed by atoms with E-state index in [1.807, 2.05) is 0 Å². The molecule has 0 unspecified atom stereocenters. The van der Waals surface area contributed by atoms with E-state index in [2.05, 4.69) is 17.6 Å². The van der Waals surface area contributed by atoms with Gasteiger partial charge in [-0.15, -0.1) is 0 Å². The summed E-state index contributed by atoms with van der Waals surface area (Å²) in [5.74, 6) is 0.352. The Bertz CT molecular complexity index is 116. The maximum Gasteiger partial charge on any atom is 0.207 e. The molecule has 0 aliphatic carbocycles. The van der Waals surface area contributed by atoms with Crippen LogP contribution in [-0.2, 0) is 9.59 Å². The van der Waals surface area contributed by atoms with Gasteiger partial charge in [-0.2, -0.15) is 0 Å². The van der Waals surface area contributed by atoms with E-state index in [1.165, 1.54) is 0 Å². The van der Waals surface area contributed by atoms with Gasteiger partial charge in [-0.25, -0.2) is 0 Å². The van der Waals surface area contributed by atoms with Crippen LogP contribution in [0.15, 0.2) is 0 Å². The average Bonchev–Trinajstić information content (AvgIpc) is 2.10. The van der Waals surface area contributed by atoms with Crippen LogP contribution in [-0.4, -0.2) is 25.9 Å². The van der Waals surface area contributed by atoms with Gasteiger partial charge in [0, 0.05) is 13.1 Å². The second kappa shape index (κ2) is 8.04. The van der Waals surface area contributed by atoms with Gasteiger partial charge in [0.2, 0.25) is 12.8 Å². The van der Waals surface area contributed by atoms with Crippen LogP contribution in [0.3, 0.4) is 0 Å². The van der Waals surface area contributed by atoms with Gasteiger partial charge in [-0.3, -0.25) is 9.59 Å². The highest BCUT2D eigenvalue weighted by molar-refractivity contribution is 5.46. The molecule has 0 radical (unpaired) electrons. The molecule has 0 heterocycles. The highest BCUT2D eigenvalue weighted by Crippen LogP contribution is 2.02. The zero-order valence-electron chi connectivity index (χ0n) is 7.38. The first kappa shape index (κ1) is 10.9. The molecular formula is C8H16N2O2. The molecule has 0 fully saturated rings. The molecule has 2 N–H and O–H groups in total. The maximum atomic E-state index is 9.99. The van der Waals surface area contributed by atoms with Crippen molar-refractivity contribution in [2.45, 2.75) is 19.8 Å². The Labute approximate surface area is 72.7 Å². The fourth-order valence-electron chi connectivity index (χ4n) is 1.11. The van der Waals surface area contributed by atoms with Gasteiger partial charge in [0.05, 0.1) is 0 Å². The zero-order valence-corrected chi connectivity index (χ0v) is 7.38. The smallest absolute Gasteiger partial charge is 0.207 e. The lowest BCUT2D eigenvalue weighted by Crippen LogP contribution is -2.30. The molecule has 0 aliphatic rings. The standard InChI is InChI=1S/C8H16N2O2/c1-2-3-8(4-9-6-11)5-10-7-12/h6-8H,2-5H2,1H3,(H,9,11)(H,10,12). The molecule has 0 rings (SSSR count). The first-order chi connectivity index (χ1) is 5.85. The lowest BCUT2D eigenvalue weighted by Gasteiger charge is -2.13. The summed E-state index contributed by atoms with van der Waals surface area (Å²) in [6, 6.07) is 0. The molecule has 0 saturated heterocycles. The number of hydrogen-bond acceptors (Lipinski definition) is 2. The van der Waals surface area contributed by atoms with E-state index in [0.29, 0.717) is 31.8 Å². The van der Waals surface area contributed by atoms with E-state index in [1.54, 1.807) is 0 Å². The molecule has 0 atom stereocenters. The van der Waals surface area contributed by atoms with Gasteiger partial charge < -0.3 is 10.6 Å². The highest BCUT2D eigenvalue weighted by Gasteiger charge is 2.05. The summed E-state index contributed by atoms with van der Waals surface area (Å²) in [7, 11) is 0. The van der Waals surface area contributed by atoms with Crippen molar-refractivity contribution in [2.75, 3.05) is 13.1 Å². The molecule has 0 aromatic heterocycles. The zero-order chi connectivity index (χ0) is 9.23. The van der Waals surface area contributed by atoms with E-state index >= 15 is 0 Å². The molecule has 2 amide bonds. The lowest BCUT2D eigenvalue weighted by atomic mass is 10.0. The van der Waals surface area contributed by atoms with Gasteiger partial charge in [0.25, 0.3) is 0 Å². The second-order valence-corrected chi connectivity index (χ2v) is 2.71. The number of hydrogen-bond donors (Lipinski definition) is 2. The summed E-state index contributed by atoms with van der Waals surface area (Å²) in [5, 5.41) is 5.21. The van der Waals surface area contributed by atoms with Gasteiger partial charge in [0.1, 0.15) is 0 Å². The van der Waals surface area contributed by atoms with E-state index in [-0.39, 0.29) is 0 Å². The van der Waals surface area contributed by atoms with Crippen molar-refractivity contribution < 1.29 is 9.59 Å². The van der Waals surface area contributed by atoms with Crippen LogP contribution in [0.4, 0.5) is 0 Å². The number of carbonyl (C=O) groups is 2. The Kier molecular flexibility index (Phi) is 7.33. The molecule has 4 nitrogen and oxygen atoms in total. The Morgan fingerprint density at radius 2 is 1.67 bits per heavy atom. The Hall–Kier alpha value is -1.06. The van der Waals surface area contributed by atoms with Gasteiger partial charge in [-0.05, 0) is 12.3 Å². The minimum absolute atomic E-state index is 0.352. The quantitative estimate of drug-likeness (QED) is 0.502. The van der Waals surface area contributed by atoms with Crippen LogP contribution in [0.5, 0.6) is 0 Å². The molecule has 0 aromatic carbocycles. The van der Waals surface area contributed by atoms with E-state index in [4.69, 9.17) is 0 Å². The van der Waals surface area contributed by atoms with Crippen molar-refractivity contribution >= 4 is 12.8 Å². The summed E-state index contributed by atoms with van der Waals surface area (Å²) in [6.45, 7) is 3.35. The average molecular weight is 172 g/mol. The molecule has 4 heteroatoms. The third-order valence-corrected chi connectivity index (χ3v) is 1.68. The molecular weight excluding hydrogens is 156 g/mol. The van der Waals surface area contributed by atoms with E-state index < -0.39 is 0 Å². The number of nitrogens with one attached hydrogen (secondary N) is 2. The third-order valence-electron chi connectivity index (χ3n) is 1.68. The summed E-state index contributed by atoms with van der Waals surface area (Å²) in [6.07, 6.45) is 3.45. The van der Waals surface area contributed by atoms with Crippen LogP contribution in [0.2, 0.25) is 0 Å². The van der Waals surface area contributed by atoms with Crippen molar-refractivity contribution in [3.63, 3.8) is 0 Å². The number of amides is 2. The summed E-state index contributed by atoms with van der Waals surface area (Å²) in [4.78, 5) is 20.0. The first-order valence-corrected chi connectivity index (χ1v) is 4.19. The van der Waals surface area contributed by atoms with Crippen LogP contribution in [0.25, 0.3) is 0 Å². The largest absolute Gasteiger partial charge is 0.358 e. The first-order valence-electron chi connectivity index (χ1n) is 4.19. The molecule has 0 aliphatic heterocycles. The molecule has 0 bridgehead atoms. The Morgan fingerprint density at radius 1 is 1.17 bits per heavy atom. The second-order valence-electron chi connectivity index (χ2n) is 2.71. The normalized spacial score (nSPS) is 9.50. The number of rotatable bonds is 8. The SMILES string of the molecule is CCCC(CNC=O)CNC=O. The maximum absolute atomic E-state index is 9.99. The predicted octanol–water partition coefficient (Wildman–Crippen LogP) is -0.105. The fraction of sp³-hybridized carbons (Fsp3) is 0.750. The van der Waals surface area contributed by atoms with Gasteiger partial charge in [-0.1, -0.05) is 13.3 Å². The summed E-state index contributed by atoms with van der Waals surface area (Å²) >= 11 is 0.